The zero-order chi connectivity index (χ0) is 4.00. The molecule has 0 fully saturated rings. The molecule has 0 rings (SSSR count). The van der Waals surface area contributed by atoms with Gasteiger partial charge in [-0.1, -0.05) is 0 Å². The van der Waals surface area contributed by atoms with E-state index < -0.39 is 0 Å². The fourth-order valence-corrected chi connectivity index (χ4v) is 0. The molecule has 2 heteroatoms. The van der Waals surface area contributed by atoms with Gasteiger partial charge in [0.1, 0.15) is 0 Å². The Morgan fingerprint density at radius 1 is 0.667 bits per heavy atom. The van der Waals surface area contributed by atoms with Gasteiger partial charge in [0, 0.05) is 62.2 Å². The van der Waals surface area contributed by atoms with Gasteiger partial charge >= 0.3 is 0 Å². The van der Waals surface area contributed by atoms with E-state index in [0.29, 0.717) is 0 Å². The van der Waals surface area contributed by atoms with Gasteiger partial charge in [-0.2, -0.15) is 13.8 Å². The molecule has 0 aromatic carbocycles. The van der Waals surface area contributed by atoms with Crippen LogP contribution in [0.4, 0.5) is 0 Å². The SMILES string of the molecule is [CH2-]C.[CH2-]C.[U].[U]. The van der Waals surface area contributed by atoms with Gasteiger partial charge in [0.15, 0.2) is 0 Å². The zero-order valence-corrected chi connectivity index (χ0v) is 12.7. The first-order valence-electron chi connectivity index (χ1n) is 1.41. The molecule has 0 radical (unpaired) electrons. The summed E-state index contributed by atoms with van der Waals surface area (Å²) in [6.45, 7) is 10.0. The van der Waals surface area contributed by atoms with Crippen molar-refractivity contribution in [3.05, 3.63) is 13.8 Å². The molecule has 0 aliphatic carbocycles. The van der Waals surface area contributed by atoms with Crippen LogP contribution in [0.5, 0.6) is 0 Å². The van der Waals surface area contributed by atoms with E-state index in [2.05, 4.69) is 13.8 Å². The molecule has 0 saturated carbocycles. The third-order valence-electron chi connectivity index (χ3n) is 0. The molecule has 0 amide bonds. The number of hydrogen-bond donors (Lipinski definition) is 0. The Balaban J connectivity index is -0.00000000500. The molecule has 0 aromatic rings. The second kappa shape index (κ2) is 59.8. The summed E-state index contributed by atoms with van der Waals surface area (Å²) in [6.07, 6.45) is 0. The van der Waals surface area contributed by atoms with Gasteiger partial charge in [0.05, 0.1) is 0 Å². The van der Waals surface area contributed by atoms with Crippen molar-refractivity contribution < 1.29 is 62.2 Å². The summed E-state index contributed by atoms with van der Waals surface area (Å²) in [5, 5.41) is 0. The average molecular weight is 534 g/mol. The molecular weight excluding hydrogens is 524 g/mol. The van der Waals surface area contributed by atoms with Crippen LogP contribution in [0.15, 0.2) is 0 Å². The monoisotopic (exact) mass is 534 g/mol. The molecular formula is C4H10U2-2. The summed E-state index contributed by atoms with van der Waals surface area (Å²) < 4.78 is 0. The van der Waals surface area contributed by atoms with Gasteiger partial charge in [-0.05, 0) is 0 Å². The second-order valence-corrected chi connectivity index (χ2v) is 0. The zero-order valence-electron chi connectivity index (χ0n) is 4.41. The van der Waals surface area contributed by atoms with E-state index in [-0.39, 0.29) is 62.2 Å². The van der Waals surface area contributed by atoms with Gasteiger partial charge < -0.3 is 13.8 Å². The van der Waals surface area contributed by atoms with E-state index in [1.807, 2.05) is 0 Å². The summed E-state index contributed by atoms with van der Waals surface area (Å²) in [7, 11) is 0. The van der Waals surface area contributed by atoms with Crippen LogP contribution >= 0.6 is 0 Å². The van der Waals surface area contributed by atoms with Crippen molar-refractivity contribution >= 4 is 0 Å². The number of rotatable bonds is 0. The van der Waals surface area contributed by atoms with Gasteiger partial charge in [-0.15, -0.1) is 0 Å². The van der Waals surface area contributed by atoms with Crippen LogP contribution in [-0.4, -0.2) is 0 Å². The first-order valence-corrected chi connectivity index (χ1v) is 1.41. The molecule has 0 atom stereocenters. The molecule has 6 heavy (non-hydrogen) atoms. The van der Waals surface area contributed by atoms with Gasteiger partial charge in [0.25, 0.3) is 0 Å². The van der Waals surface area contributed by atoms with E-state index in [1.165, 1.54) is 0 Å². The summed E-state index contributed by atoms with van der Waals surface area (Å²) >= 11 is 0. The van der Waals surface area contributed by atoms with Crippen molar-refractivity contribution in [2.45, 2.75) is 13.8 Å². The Morgan fingerprint density at radius 3 is 0.667 bits per heavy atom. The molecule has 0 bridgehead atoms. The fourth-order valence-electron chi connectivity index (χ4n) is 0. The number of hydrogen-bond acceptors (Lipinski definition) is 0. The van der Waals surface area contributed by atoms with Crippen molar-refractivity contribution in [1.82, 2.24) is 0 Å². The second-order valence-electron chi connectivity index (χ2n) is 0. The Kier molecular flexibility index (Phi) is 242. The van der Waals surface area contributed by atoms with Crippen molar-refractivity contribution in [3.63, 3.8) is 0 Å². The average Bonchev–Trinajstić information content (AvgIpc) is 1.50. The van der Waals surface area contributed by atoms with E-state index in [9.17, 15) is 0 Å². The van der Waals surface area contributed by atoms with Crippen molar-refractivity contribution in [2.75, 3.05) is 0 Å². The Bertz CT molecular complexity index is 5.51. The molecule has 0 heterocycles. The van der Waals surface area contributed by atoms with Gasteiger partial charge in [0.2, 0.25) is 0 Å². The van der Waals surface area contributed by atoms with Gasteiger partial charge in [-0.25, -0.2) is 0 Å². The minimum absolute atomic E-state index is 0. The predicted molar refractivity (Wildman–Crippen MR) is 22.1 cm³/mol. The summed E-state index contributed by atoms with van der Waals surface area (Å²) in [4.78, 5) is 0. The van der Waals surface area contributed by atoms with Crippen LogP contribution in [-0.2, 0) is 0 Å². The van der Waals surface area contributed by atoms with E-state index in [0.717, 1.165) is 0 Å². The molecule has 0 saturated heterocycles. The quantitative estimate of drug-likeness (QED) is 0.416. The normalized spacial score (nSPS) is 2.00. The smallest absolute Gasteiger partial charge is 0 e. The molecule has 0 aliphatic heterocycles. The Labute approximate surface area is 88.6 Å². The van der Waals surface area contributed by atoms with Crippen LogP contribution in [0.3, 0.4) is 0 Å². The van der Waals surface area contributed by atoms with Crippen LogP contribution in [0.1, 0.15) is 13.8 Å². The summed E-state index contributed by atoms with van der Waals surface area (Å²) in [6, 6.07) is 0. The van der Waals surface area contributed by atoms with Gasteiger partial charge in [-0.3, -0.25) is 0 Å². The Morgan fingerprint density at radius 2 is 0.667 bits per heavy atom. The van der Waals surface area contributed by atoms with Crippen molar-refractivity contribution in [3.8, 4) is 0 Å². The maximum Gasteiger partial charge on any atom is 0 e. The van der Waals surface area contributed by atoms with Crippen molar-refractivity contribution in [1.29, 1.82) is 0 Å². The van der Waals surface area contributed by atoms with E-state index >= 15 is 0 Å². The fraction of sp³-hybridized carbons (Fsp3) is 0.500. The van der Waals surface area contributed by atoms with Crippen LogP contribution in [0, 0.1) is 76.1 Å². The van der Waals surface area contributed by atoms with Crippen molar-refractivity contribution in [2.24, 2.45) is 0 Å². The first kappa shape index (κ1) is 24.3. The predicted octanol–water partition coefficient (Wildman–Crippen LogP) is 1.68. The summed E-state index contributed by atoms with van der Waals surface area (Å²) in [5.74, 6) is 0. The Hall–Kier alpha value is 2.10. The minimum atomic E-state index is 0. The largest absolute Gasteiger partial charge is 0.346 e. The third-order valence-corrected chi connectivity index (χ3v) is 0. The maximum atomic E-state index is 3.25. The first-order chi connectivity index (χ1) is 2.00. The minimum Gasteiger partial charge on any atom is -0.346 e. The molecule has 0 unspecified atom stereocenters. The molecule has 36 valence electrons. The summed E-state index contributed by atoms with van der Waals surface area (Å²) in [5.41, 5.74) is 0. The van der Waals surface area contributed by atoms with E-state index in [1.54, 1.807) is 13.8 Å². The van der Waals surface area contributed by atoms with E-state index in [4.69, 9.17) is 0 Å². The topological polar surface area (TPSA) is 0 Å². The van der Waals surface area contributed by atoms with Crippen LogP contribution < -0.4 is 0 Å². The van der Waals surface area contributed by atoms with Crippen LogP contribution in [0.2, 0.25) is 0 Å². The molecule has 0 nitrogen and oxygen atoms in total. The standard InChI is InChI=1S/2C2H5.2U/c2*1-2;;/h2*1H2,2H3;;/q2*-1;;. The van der Waals surface area contributed by atoms with Crippen LogP contribution in [0.25, 0.3) is 0 Å². The maximum absolute atomic E-state index is 3.25. The third kappa shape index (κ3) is 35.9. The molecule has 0 spiro atoms. The molecule has 0 N–H and O–H groups in total. The molecule has 0 aliphatic rings. The molecule has 0 aromatic heterocycles.